The summed E-state index contributed by atoms with van der Waals surface area (Å²) in [5, 5.41) is 0. The minimum atomic E-state index is 0.515. The molecular formula is C12H16N4. The molecule has 84 valence electrons. The van der Waals surface area contributed by atoms with E-state index in [1.54, 1.807) is 6.20 Å². The molecule has 4 heteroatoms. The molecule has 4 nitrogen and oxygen atoms in total. The summed E-state index contributed by atoms with van der Waals surface area (Å²) in [7, 11) is 0. The van der Waals surface area contributed by atoms with Gasteiger partial charge in [0.05, 0.1) is 11.9 Å². The second-order valence-corrected chi connectivity index (χ2v) is 3.67. The van der Waals surface area contributed by atoms with Crippen molar-refractivity contribution >= 4 is 0 Å². The molecule has 2 heterocycles. The van der Waals surface area contributed by atoms with Crippen LogP contribution in [0.1, 0.15) is 24.7 Å². The zero-order valence-electron chi connectivity index (χ0n) is 9.43. The highest BCUT2D eigenvalue weighted by Gasteiger charge is 2.07. The third-order valence-corrected chi connectivity index (χ3v) is 2.56. The summed E-state index contributed by atoms with van der Waals surface area (Å²) in [6.07, 6.45) is 9.42. The Morgan fingerprint density at radius 1 is 1.38 bits per heavy atom. The van der Waals surface area contributed by atoms with Gasteiger partial charge in [-0.05, 0) is 18.1 Å². The Kier molecular flexibility index (Phi) is 3.31. The van der Waals surface area contributed by atoms with Gasteiger partial charge in [0.25, 0.3) is 0 Å². The van der Waals surface area contributed by atoms with Crippen LogP contribution in [0.4, 0.5) is 0 Å². The average molecular weight is 216 g/mol. The van der Waals surface area contributed by atoms with Crippen molar-refractivity contribution in [3.8, 4) is 5.69 Å². The van der Waals surface area contributed by atoms with Crippen LogP contribution in [-0.4, -0.2) is 14.5 Å². The van der Waals surface area contributed by atoms with Crippen molar-refractivity contribution in [1.82, 2.24) is 14.5 Å². The third-order valence-electron chi connectivity index (χ3n) is 2.56. The molecular weight excluding hydrogens is 200 g/mol. The minimum absolute atomic E-state index is 0.515. The largest absolute Gasteiger partial charge is 0.326 e. The maximum absolute atomic E-state index is 5.72. The van der Waals surface area contributed by atoms with Gasteiger partial charge in [-0.2, -0.15) is 0 Å². The molecule has 0 spiro atoms. The first kappa shape index (κ1) is 10.8. The van der Waals surface area contributed by atoms with Gasteiger partial charge in [-0.25, -0.2) is 4.98 Å². The zero-order chi connectivity index (χ0) is 11.4. The predicted molar refractivity (Wildman–Crippen MR) is 63.2 cm³/mol. The molecule has 2 N–H and O–H groups in total. The van der Waals surface area contributed by atoms with Crippen LogP contribution in [0.3, 0.4) is 0 Å². The highest BCUT2D eigenvalue weighted by molar-refractivity contribution is 5.39. The van der Waals surface area contributed by atoms with Crippen molar-refractivity contribution < 1.29 is 0 Å². The van der Waals surface area contributed by atoms with Gasteiger partial charge < -0.3 is 10.3 Å². The van der Waals surface area contributed by atoms with E-state index < -0.39 is 0 Å². The van der Waals surface area contributed by atoms with Crippen LogP contribution in [0, 0.1) is 0 Å². The van der Waals surface area contributed by atoms with Crippen LogP contribution in [0.2, 0.25) is 0 Å². The molecule has 0 saturated heterocycles. The second kappa shape index (κ2) is 4.90. The molecule has 0 radical (unpaired) electrons. The Balaban J connectivity index is 2.45. The summed E-state index contributed by atoms with van der Waals surface area (Å²) in [6, 6.07) is 1.95. The molecule has 0 unspecified atom stereocenters. The van der Waals surface area contributed by atoms with E-state index in [2.05, 4.69) is 21.5 Å². The van der Waals surface area contributed by atoms with E-state index in [0.717, 1.165) is 29.9 Å². The van der Waals surface area contributed by atoms with E-state index >= 15 is 0 Å². The van der Waals surface area contributed by atoms with Crippen molar-refractivity contribution in [2.75, 3.05) is 0 Å². The van der Waals surface area contributed by atoms with E-state index in [4.69, 9.17) is 5.73 Å². The molecule has 0 fully saturated rings. The zero-order valence-corrected chi connectivity index (χ0v) is 9.43. The van der Waals surface area contributed by atoms with Gasteiger partial charge in [0.1, 0.15) is 5.82 Å². The molecule has 0 saturated carbocycles. The van der Waals surface area contributed by atoms with Crippen LogP contribution in [0.25, 0.3) is 5.69 Å². The molecule has 2 aromatic rings. The minimum Gasteiger partial charge on any atom is -0.326 e. The molecule has 0 aliphatic carbocycles. The number of hydrogen-bond donors (Lipinski definition) is 1. The lowest BCUT2D eigenvalue weighted by molar-refractivity contribution is 0.801. The first-order valence-corrected chi connectivity index (χ1v) is 5.52. The van der Waals surface area contributed by atoms with Gasteiger partial charge in [-0.15, -0.1) is 0 Å². The fourth-order valence-corrected chi connectivity index (χ4v) is 1.77. The van der Waals surface area contributed by atoms with E-state index in [-0.39, 0.29) is 0 Å². The fraction of sp³-hybridized carbons (Fsp3) is 0.333. The Bertz CT molecular complexity index is 462. The molecule has 0 aliphatic rings. The number of nitrogens with zero attached hydrogens (tertiary/aromatic N) is 3. The smallest absolute Gasteiger partial charge is 0.113 e. The lowest BCUT2D eigenvalue weighted by Crippen LogP contribution is -2.07. The maximum Gasteiger partial charge on any atom is 0.113 e. The monoisotopic (exact) mass is 216 g/mol. The molecule has 2 rings (SSSR count). The van der Waals surface area contributed by atoms with E-state index in [9.17, 15) is 0 Å². The second-order valence-electron chi connectivity index (χ2n) is 3.67. The van der Waals surface area contributed by atoms with Crippen LogP contribution in [-0.2, 0) is 13.0 Å². The molecule has 0 bridgehead atoms. The Morgan fingerprint density at radius 3 is 3.00 bits per heavy atom. The number of imidazole rings is 1. The molecule has 2 aromatic heterocycles. The van der Waals surface area contributed by atoms with Crippen LogP contribution < -0.4 is 5.73 Å². The fourth-order valence-electron chi connectivity index (χ4n) is 1.77. The summed E-state index contributed by atoms with van der Waals surface area (Å²) in [6.45, 7) is 2.66. The van der Waals surface area contributed by atoms with Crippen LogP contribution in [0.15, 0.2) is 30.9 Å². The number of nitrogens with two attached hydrogens (primary N) is 1. The Morgan fingerprint density at radius 2 is 2.25 bits per heavy atom. The van der Waals surface area contributed by atoms with E-state index in [1.807, 2.05) is 24.7 Å². The molecule has 0 atom stereocenters. The first-order valence-electron chi connectivity index (χ1n) is 5.52. The molecule has 0 aromatic carbocycles. The normalized spacial score (nSPS) is 10.6. The summed E-state index contributed by atoms with van der Waals surface area (Å²) in [5.41, 5.74) is 7.84. The predicted octanol–water partition coefficient (Wildman–Crippen LogP) is 1.68. The van der Waals surface area contributed by atoms with E-state index in [0.29, 0.717) is 6.54 Å². The Hall–Kier alpha value is -1.68. The number of aromatic nitrogens is 3. The number of rotatable bonds is 4. The van der Waals surface area contributed by atoms with Crippen molar-refractivity contribution in [3.63, 3.8) is 0 Å². The number of pyridine rings is 1. The van der Waals surface area contributed by atoms with E-state index in [1.165, 1.54) is 0 Å². The van der Waals surface area contributed by atoms with Crippen molar-refractivity contribution in [2.45, 2.75) is 26.3 Å². The molecule has 16 heavy (non-hydrogen) atoms. The third kappa shape index (κ3) is 1.97. The van der Waals surface area contributed by atoms with Gasteiger partial charge in [0.15, 0.2) is 0 Å². The summed E-state index contributed by atoms with van der Waals surface area (Å²) in [4.78, 5) is 8.50. The van der Waals surface area contributed by atoms with Crippen LogP contribution in [0.5, 0.6) is 0 Å². The van der Waals surface area contributed by atoms with Crippen molar-refractivity contribution in [2.24, 2.45) is 5.73 Å². The summed E-state index contributed by atoms with van der Waals surface area (Å²) < 4.78 is 2.07. The topological polar surface area (TPSA) is 56.7 Å². The first-order chi connectivity index (χ1) is 7.86. The number of aryl methyl sites for hydroxylation is 1. The van der Waals surface area contributed by atoms with Gasteiger partial charge in [0.2, 0.25) is 0 Å². The average Bonchev–Trinajstić information content (AvgIpc) is 2.77. The lowest BCUT2D eigenvalue weighted by Gasteiger charge is -2.10. The highest BCUT2D eigenvalue weighted by atomic mass is 15.1. The Labute approximate surface area is 95.1 Å². The highest BCUT2D eigenvalue weighted by Crippen LogP contribution is 2.15. The quantitative estimate of drug-likeness (QED) is 0.846. The lowest BCUT2D eigenvalue weighted by atomic mass is 10.2. The molecule has 0 aliphatic heterocycles. The summed E-state index contributed by atoms with van der Waals surface area (Å²) in [5.74, 6) is 1.06. The van der Waals surface area contributed by atoms with Gasteiger partial charge >= 0.3 is 0 Å². The van der Waals surface area contributed by atoms with Crippen LogP contribution >= 0.6 is 0 Å². The van der Waals surface area contributed by atoms with Gasteiger partial charge in [-0.3, -0.25) is 4.98 Å². The standard InChI is InChI=1S/C12H16N4/c1-2-3-12-15-6-7-16(12)11-9-14-5-4-10(11)8-13/h4-7,9H,2-3,8,13H2,1H3. The van der Waals surface area contributed by atoms with Gasteiger partial charge in [0, 0.05) is 31.6 Å². The van der Waals surface area contributed by atoms with Crippen molar-refractivity contribution in [1.29, 1.82) is 0 Å². The van der Waals surface area contributed by atoms with Crippen molar-refractivity contribution in [3.05, 3.63) is 42.2 Å². The summed E-state index contributed by atoms with van der Waals surface area (Å²) >= 11 is 0. The van der Waals surface area contributed by atoms with Gasteiger partial charge in [-0.1, -0.05) is 6.92 Å². The maximum atomic E-state index is 5.72. The SMILES string of the molecule is CCCc1nccn1-c1cnccc1CN. The number of hydrogen-bond acceptors (Lipinski definition) is 3. The molecule has 0 amide bonds.